The summed E-state index contributed by atoms with van der Waals surface area (Å²) in [6, 6.07) is 0. The first-order valence-corrected chi connectivity index (χ1v) is 12.1. The molecule has 0 saturated carbocycles. The number of ether oxygens (including phenoxy) is 2. The Morgan fingerprint density at radius 3 is 0.842 bits per heavy atom. The summed E-state index contributed by atoms with van der Waals surface area (Å²) in [6.45, 7) is 33.4. The molecular weight excluding hydrogens is 634 g/mol. The Labute approximate surface area is 289 Å². The molecule has 0 amide bonds. The van der Waals surface area contributed by atoms with E-state index in [1.807, 2.05) is 41.5 Å². The van der Waals surface area contributed by atoms with E-state index in [1.54, 1.807) is 0 Å². The van der Waals surface area contributed by atoms with Gasteiger partial charge in [-0.05, 0) is 34.5 Å². The van der Waals surface area contributed by atoms with Crippen molar-refractivity contribution in [3.63, 3.8) is 0 Å². The largest absolute Gasteiger partial charge is 0.394 e. The third-order valence-electron chi connectivity index (χ3n) is 4.14. The van der Waals surface area contributed by atoms with Gasteiger partial charge in [0.15, 0.2) is 0 Å². The Kier molecular flexibility index (Phi) is 48.0. The zero-order chi connectivity index (χ0) is 28.2. The van der Waals surface area contributed by atoms with Crippen LogP contribution in [-0.2, 0) is 84.5 Å². The number of carbonyl (C=O) groups is 2. The Balaban J connectivity index is -0.0000000515. The van der Waals surface area contributed by atoms with Gasteiger partial charge in [0, 0.05) is 90.2 Å². The van der Waals surface area contributed by atoms with Crippen molar-refractivity contribution in [3.05, 3.63) is 13.8 Å². The van der Waals surface area contributed by atoms with Crippen molar-refractivity contribution in [3.8, 4) is 0 Å². The molecule has 0 bridgehead atoms. The van der Waals surface area contributed by atoms with Crippen molar-refractivity contribution in [1.29, 1.82) is 0 Å². The summed E-state index contributed by atoms with van der Waals surface area (Å²) in [6.07, 6.45) is 2.10. The fourth-order valence-electron chi connectivity index (χ4n) is 1.09. The fourth-order valence-corrected chi connectivity index (χ4v) is 1.09. The van der Waals surface area contributed by atoms with Crippen molar-refractivity contribution in [1.82, 2.24) is 0 Å². The molecule has 0 fully saturated rings. The monoisotopic (exact) mass is 700 g/mol. The number of ketones is 2. The van der Waals surface area contributed by atoms with Gasteiger partial charge in [0.2, 0.25) is 0 Å². The average Bonchev–Trinajstić information content (AvgIpc) is 2.61. The van der Waals surface area contributed by atoms with Crippen molar-refractivity contribution < 1.29 is 94.7 Å². The molecule has 0 unspecified atom stereocenters. The van der Waals surface area contributed by atoms with E-state index in [1.165, 1.54) is 0 Å². The predicted octanol–water partition coefficient (Wildman–Crippen LogP) is 7.00. The summed E-state index contributed by atoms with van der Waals surface area (Å²) in [4.78, 5) is 20.7. The normalized spacial score (nSPS) is 10.5. The number of hydrogen-bond acceptors (Lipinski definition) is 6. The first-order valence-electron chi connectivity index (χ1n) is 12.1. The molecule has 0 rings (SSSR count). The molecular formula is C30H66O6Y2-2. The Morgan fingerprint density at radius 2 is 0.737 bits per heavy atom. The summed E-state index contributed by atoms with van der Waals surface area (Å²) in [5, 5.41) is 16.7. The quantitative estimate of drug-likeness (QED) is 0.209. The Bertz CT molecular complexity index is 451. The number of carbonyl (C=O) groups excluding carboxylic acids is 2. The van der Waals surface area contributed by atoms with Crippen molar-refractivity contribution in [2.24, 2.45) is 21.7 Å². The van der Waals surface area contributed by atoms with Crippen LogP contribution in [-0.4, -0.2) is 61.4 Å². The minimum Gasteiger partial charge on any atom is -0.394 e. The molecule has 2 radical (unpaired) electrons. The molecule has 0 aliphatic heterocycles. The third kappa shape index (κ3) is 65.8. The van der Waals surface area contributed by atoms with Gasteiger partial charge in [-0.3, -0.25) is 0 Å². The van der Waals surface area contributed by atoms with E-state index < -0.39 is 0 Å². The van der Waals surface area contributed by atoms with E-state index in [2.05, 4.69) is 55.4 Å². The zero-order valence-corrected chi connectivity index (χ0v) is 31.4. The molecule has 0 heterocycles. The summed E-state index contributed by atoms with van der Waals surface area (Å²) >= 11 is 0. The molecule has 0 aliphatic rings. The van der Waals surface area contributed by atoms with Crippen LogP contribution in [0.5, 0.6) is 0 Å². The van der Waals surface area contributed by atoms with Gasteiger partial charge in [0.25, 0.3) is 0 Å². The van der Waals surface area contributed by atoms with Crippen LogP contribution in [0.25, 0.3) is 0 Å². The van der Waals surface area contributed by atoms with Crippen LogP contribution in [0.15, 0.2) is 0 Å². The number of aliphatic hydroxyl groups is 2. The first kappa shape index (κ1) is 58.7. The second kappa shape index (κ2) is 31.1. The summed E-state index contributed by atoms with van der Waals surface area (Å²) < 4.78 is 10.2. The van der Waals surface area contributed by atoms with E-state index in [0.29, 0.717) is 24.0 Å². The van der Waals surface area contributed by atoms with Crippen molar-refractivity contribution in [2.75, 3.05) is 39.6 Å². The topological polar surface area (TPSA) is 93.1 Å². The number of aliphatic hydroxyl groups excluding tert-OH is 2. The van der Waals surface area contributed by atoms with Crippen LogP contribution in [0.1, 0.15) is 111 Å². The molecule has 0 aromatic heterocycles. The molecule has 0 aromatic rings. The first-order chi connectivity index (χ1) is 15.0. The summed E-state index contributed by atoms with van der Waals surface area (Å²) in [5.41, 5.74) is 0.185. The van der Waals surface area contributed by atoms with Crippen molar-refractivity contribution in [2.45, 2.75) is 111 Å². The van der Waals surface area contributed by atoms with Crippen LogP contribution < -0.4 is 0 Å². The van der Waals surface area contributed by atoms with E-state index in [9.17, 15) is 9.59 Å². The SMILES string of the molecule is C.C.CC(C)(C)CCOCCO.CC(C)(C)CCOCCO.[CH2-]C(=O)C(C)(C)C.[CH2-]C(=O)C(C)(C)C.[Y].[Y]. The molecule has 38 heavy (non-hydrogen) atoms. The van der Waals surface area contributed by atoms with Gasteiger partial charge < -0.3 is 43.1 Å². The molecule has 0 atom stereocenters. The summed E-state index contributed by atoms with van der Waals surface area (Å²) in [5.74, 6) is -0.0139. The van der Waals surface area contributed by atoms with Gasteiger partial charge in [-0.25, -0.2) is 0 Å². The number of rotatable bonds is 8. The summed E-state index contributed by atoms with van der Waals surface area (Å²) in [7, 11) is 0. The molecule has 2 N–H and O–H groups in total. The maximum Gasteiger partial charge on any atom is 0.0697 e. The fraction of sp³-hybridized carbons (Fsp3) is 0.867. The van der Waals surface area contributed by atoms with Crippen LogP contribution >= 0.6 is 0 Å². The van der Waals surface area contributed by atoms with Crippen LogP contribution in [0.2, 0.25) is 0 Å². The molecule has 0 aliphatic carbocycles. The van der Waals surface area contributed by atoms with Gasteiger partial charge in [0.05, 0.1) is 26.4 Å². The molecule has 0 spiro atoms. The molecule has 0 aromatic carbocycles. The molecule has 6 nitrogen and oxygen atoms in total. The smallest absolute Gasteiger partial charge is 0.0697 e. The van der Waals surface area contributed by atoms with Gasteiger partial charge >= 0.3 is 0 Å². The maximum absolute atomic E-state index is 10.4. The van der Waals surface area contributed by atoms with Gasteiger partial charge in [-0.1, -0.05) is 97.9 Å². The van der Waals surface area contributed by atoms with E-state index >= 15 is 0 Å². The van der Waals surface area contributed by atoms with E-state index in [4.69, 9.17) is 19.7 Å². The zero-order valence-electron chi connectivity index (χ0n) is 25.8. The Morgan fingerprint density at radius 1 is 0.553 bits per heavy atom. The molecule has 8 heteroatoms. The van der Waals surface area contributed by atoms with E-state index in [0.717, 1.165) is 26.1 Å². The van der Waals surface area contributed by atoms with Crippen LogP contribution in [0.4, 0.5) is 0 Å². The number of hydrogen-bond donors (Lipinski definition) is 2. The van der Waals surface area contributed by atoms with Crippen molar-refractivity contribution >= 4 is 11.6 Å². The minimum absolute atomic E-state index is 0. The predicted molar refractivity (Wildman–Crippen MR) is 157 cm³/mol. The maximum atomic E-state index is 10.4. The number of Topliss-reactive ketones (excluding diaryl/α,β-unsaturated/α-hetero) is 2. The third-order valence-corrected chi connectivity index (χ3v) is 4.14. The Hall–Kier alpha value is 1.13. The second-order valence-corrected chi connectivity index (χ2v) is 12.6. The molecule has 230 valence electrons. The van der Waals surface area contributed by atoms with Gasteiger partial charge in [0.1, 0.15) is 0 Å². The average molecular weight is 701 g/mol. The standard InChI is InChI=1S/2C8H18O2.2C6H11O.2CH4.2Y/c2*1-8(2,3)4-6-10-7-5-9;2*1-5(7)6(2,3)4;;;;/h2*9H,4-7H2,1-3H3;2*1H2,2-4H3;2*1H4;;/q;;2*-1;;;;. The van der Waals surface area contributed by atoms with Gasteiger partial charge in [-0.2, -0.15) is 0 Å². The van der Waals surface area contributed by atoms with Gasteiger partial charge in [-0.15, -0.1) is 0 Å². The second-order valence-electron chi connectivity index (χ2n) is 12.6. The van der Waals surface area contributed by atoms with E-state index in [-0.39, 0.29) is 116 Å². The van der Waals surface area contributed by atoms with Crippen LogP contribution in [0, 0.1) is 35.5 Å². The van der Waals surface area contributed by atoms with Crippen LogP contribution in [0.3, 0.4) is 0 Å². The molecule has 0 saturated heterocycles. The minimum atomic E-state index is -0.250.